The van der Waals surface area contributed by atoms with Crippen LogP contribution in [0.2, 0.25) is 0 Å². The molecule has 0 saturated carbocycles. The van der Waals surface area contributed by atoms with E-state index in [-0.39, 0.29) is 4.90 Å². The number of hydrogen-bond donors (Lipinski definition) is 1. The van der Waals surface area contributed by atoms with E-state index in [9.17, 15) is 8.42 Å². The summed E-state index contributed by atoms with van der Waals surface area (Å²) in [6, 6.07) is 8.49. The Balaban J connectivity index is 1.87. The molecule has 0 aliphatic heterocycles. The highest BCUT2D eigenvalue weighted by Crippen LogP contribution is 2.14. The highest BCUT2D eigenvalue weighted by Gasteiger charge is 2.12. The normalized spacial score (nSPS) is 11.7. The van der Waals surface area contributed by atoms with Crippen molar-refractivity contribution in [2.75, 3.05) is 6.54 Å². The molecule has 0 unspecified atom stereocenters. The highest BCUT2D eigenvalue weighted by atomic mass is 79.9. The lowest BCUT2D eigenvalue weighted by Gasteiger charge is -2.08. The van der Waals surface area contributed by atoms with Crippen LogP contribution in [0.1, 0.15) is 12.1 Å². The summed E-state index contributed by atoms with van der Waals surface area (Å²) in [4.78, 5) is 0.274. The van der Waals surface area contributed by atoms with Gasteiger partial charge in [-0.1, -0.05) is 15.9 Å². The van der Waals surface area contributed by atoms with Gasteiger partial charge in [-0.15, -0.1) is 0 Å². The monoisotopic (exact) mass is 357 g/mol. The minimum absolute atomic E-state index is 0.274. The molecule has 0 aliphatic carbocycles. The Morgan fingerprint density at radius 2 is 1.95 bits per heavy atom. The molecule has 0 atom stereocenters. The molecule has 0 radical (unpaired) electrons. The Morgan fingerprint density at radius 1 is 1.25 bits per heavy atom. The van der Waals surface area contributed by atoms with E-state index < -0.39 is 10.0 Å². The van der Waals surface area contributed by atoms with E-state index in [1.54, 1.807) is 30.5 Å². The number of aryl methyl sites for hydroxylation is 2. The SMILES string of the molecule is Cc1ccnn1CCCNS(=O)(=O)c1ccc(Br)cc1. The van der Waals surface area contributed by atoms with E-state index in [2.05, 4.69) is 25.8 Å². The van der Waals surface area contributed by atoms with Crippen LogP contribution in [-0.2, 0) is 16.6 Å². The van der Waals surface area contributed by atoms with Crippen LogP contribution in [0.3, 0.4) is 0 Å². The molecule has 1 aromatic carbocycles. The van der Waals surface area contributed by atoms with Gasteiger partial charge in [0.15, 0.2) is 0 Å². The van der Waals surface area contributed by atoms with Gasteiger partial charge in [-0.25, -0.2) is 13.1 Å². The lowest BCUT2D eigenvalue weighted by atomic mass is 10.4. The fourth-order valence-corrected chi connectivity index (χ4v) is 3.10. The molecule has 0 saturated heterocycles. The summed E-state index contributed by atoms with van der Waals surface area (Å²) < 4.78 is 29.3. The summed E-state index contributed by atoms with van der Waals surface area (Å²) in [5.41, 5.74) is 1.07. The van der Waals surface area contributed by atoms with Crippen molar-refractivity contribution in [3.63, 3.8) is 0 Å². The highest BCUT2D eigenvalue weighted by molar-refractivity contribution is 9.10. The van der Waals surface area contributed by atoms with Crippen molar-refractivity contribution < 1.29 is 8.42 Å². The molecule has 2 aromatic rings. The second-order valence-corrected chi connectivity index (χ2v) is 7.08. The Morgan fingerprint density at radius 3 is 2.55 bits per heavy atom. The largest absolute Gasteiger partial charge is 0.270 e. The zero-order valence-electron chi connectivity index (χ0n) is 11.1. The second kappa shape index (κ2) is 6.51. The molecule has 7 heteroatoms. The third kappa shape index (κ3) is 3.91. The predicted octanol–water partition coefficient (Wildman–Crippen LogP) is 2.32. The summed E-state index contributed by atoms with van der Waals surface area (Å²) in [5, 5.41) is 4.15. The molecule has 20 heavy (non-hydrogen) atoms. The van der Waals surface area contributed by atoms with Gasteiger partial charge in [0.2, 0.25) is 10.0 Å². The molecule has 1 N–H and O–H groups in total. The summed E-state index contributed by atoms with van der Waals surface area (Å²) in [6.45, 7) is 3.05. The van der Waals surface area contributed by atoms with Crippen LogP contribution in [0.4, 0.5) is 0 Å². The van der Waals surface area contributed by atoms with Crippen molar-refractivity contribution in [1.82, 2.24) is 14.5 Å². The van der Waals surface area contributed by atoms with Crippen molar-refractivity contribution in [2.45, 2.75) is 24.8 Å². The average molecular weight is 358 g/mol. The smallest absolute Gasteiger partial charge is 0.240 e. The summed E-state index contributed by atoms with van der Waals surface area (Å²) >= 11 is 3.28. The molecule has 5 nitrogen and oxygen atoms in total. The van der Waals surface area contributed by atoms with Gasteiger partial charge in [-0.2, -0.15) is 5.10 Å². The first kappa shape index (κ1) is 15.2. The van der Waals surface area contributed by atoms with Gasteiger partial charge in [0.25, 0.3) is 0 Å². The predicted molar refractivity (Wildman–Crippen MR) is 80.9 cm³/mol. The first-order valence-corrected chi connectivity index (χ1v) is 8.50. The van der Waals surface area contributed by atoms with Gasteiger partial charge >= 0.3 is 0 Å². The first-order chi connectivity index (χ1) is 9.49. The third-order valence-electron chi connectivity index (χ3n) is 2.89. The summed E-state index contributed by atoms with van der Waals surface area (Å²) in [7, 11) is -3.43. The van der Waals surface area contributed by atoms with Crippen LogP contribution >= 0.6 is 15.9 Å². The van der Waals surface area contributed by atoms with E-state index in [1.807, 2.05) is 17.7 Å². The summed E-state index contributed by atoms with van der Waals surface area (Å²) in [6.07, 6.45) is 2.43. The Hall–Kier alpha value is -1.18. The van der Waals surface area contributed by atoms with E-state index in [0.717, 1.165) is 10.2 Å². The number of sulfonamides is 1. The number of halogens is 1. The van der Waals surface area contributed by atoms with E-state index in [4.69, 9.17) is 0 Å². The fraction of sp³-hybridized carbons (Fsp3) is 0.308. The molecular weight excluding hydrogens is 342 g/mol. The number of aromatic nitrogens is 2. The number of nitrogens with one attached hydrogen (secondary N) is 1. The Kier molecular flexibility index (Phi) is 4.95. The standard InChI is InChI=1S/C13H16BrN3O2S/c1-11-7-9-15-17(11)10-2-8-16-20(18,19)13-5-3-12(14)4-6-13/h3-7,9,16H,2,8,10H2,1H3. The quantitative estimate of drug-likeness (QED) is 0.806. The van der Waals surface area contributed by atoms with Gasteiger partial charge < -0.3 is 0 Å². The molecule has 1 heterocycles. The second-order valence-electron chi connectivity index (χ2n) is 4.40. The minimum Gasteiger partial charge on any atom is -0.270 e. The zero-order chi connectivity index (χ0) is 14.6. The van der Waals surface area contributed by atoms with Crippen molar-refractivity contribution in [3.05, 3.63) is 46.7 Å². The van der Waals surface area contributed by atoms with Gasteiger partial charge in [0.1, 0.15) is 0 Å². The van der Waals surface area contributed by atoms with Gasteiger partial charge in [-0.05, 0) is 43.7 Å². The third-order valence-corrected chi connectivity index (χ3v) is 4.90. The van der Waals surface area contributed by atoms with E-state index >= 15 is 0 Å². The molecule has 108 valence electrons. The van der Waals surface area contributed by atoms with Gasteiger partial charge in [-0.3, -0.25) is 4.68 Å². The van der Waals surface area contributed by atoms with Crippen molar-refractivity contribution in [2.24, 2.45) is 0 Å². The van der Waals surface area contributed by atoms with Crippen molar-refractivity contribution in [3.8, 4) is 0 Å². The van der Waals surface area contributed by atoms with Crippen LogP contribution in [0, 0.1) is 6.92 Å². The van der Waals surface area contributed by atoms with Crippen LogP contribution in [0.15, 0.2) is 45.9 Å². The molecule has 0 spiro atoms. The van der Waals surface area contributed by atoms with Crippen LogP contribution in [0.5, 0.6) is 0 Å². The lowest BCUT2D eigenvalue weighted by Crippen LogP contribution is -2.25. The summed E-state index contributed by atoms with van der Waals surface area (Å²) in [5.74, 6) is 0. The molecule has 0 fully saturated rings. The van der Waals surface area contributed by atoms with E-state index in [1.165, 1.54) is 0 Å². The van der Waals surface area contributed by atoms with Crippen molar-refractivity contribution >= 4 is 26.0 Å². The molecule has 2 rings (SSSR count). The maximum Gasteiger partial charge on any atom is 0.240 e. The van der Waals surface area contributed by atoms with Crippen LogP contribution in [0.25, 0.3) is 0 Å². The molecule has 1 aromatic heterocycles. The average Bonchev–Trinajstić information content (AvgIpc) is 2.81. The fourth-order valence-electron chi connectivity index (χ4n) is 1.77. The molecule has 0 aliphatic rings. The topological polar surface area (TPSA) is 64.0 Å². The molecule has 0 amide bonds. The number of benzene rings is 1. The molecule has 0 bridgehead atoms. The van der Waals surface area contributed by atoms with Gasteiger partial charge in [0, 0.05) is 29.5 Å². The van der Waals surface area contributed by atoms with Gasteiger partial charge in [0.05, 0.1) is 4.90 Å². The van der Waals surface area contributed by atoms with Crippen molar-refractivity contribution in [1.29, 1.82) is 0 Å². The van der Waals surface area contributed by atoms with Crippen LogP contribution in [-0.4, -0.2) is 24.7 Å². The zero-order valence-corrected chi connectivity index (χ0v) is 13.5. The lowest BCUT2D eigenvalue weighted by molar-refractivity contribution is 0.546. The Labute approximate surface area is 127 Å². The number of nitrogens with zero attached hydrogens (tertiary/aromatic N) is 2. The maximum absolute atomic E-state index is 12.0. The van der Waals surface area contributed by atoms with Crippen LogP contribution < -0.4 is 4.72 Å². The maximum atomic E-state index is 12.0. The molecular formula is C13H16BrN3O2S. The minimum atomic E-state index is -3.43. The first-order valence-electron chi connectivity index (χ1n) is 6.23. The number of rotatable bonds is 6. The number of hydrogen-bond acceptors (Lipinski definition) is 3. The Bertz CT molecular complexity index is 665. The van der Waals surface area contributed by atoms with E-state index in [0.29, 0.717) is 19.5 Å².